The van der Waals surface area contributed by atoms with Crippen molar-refractivity contribution in [2.24, 2.45) is 18.0 Å². The molecule has 1 N–H and O–H groups in total. The predicted molar refractivity (Wildman–Crippen MR) is 101 cm³/mol. The second-order valence-electron chi connectivity index (χ2n) is 7.12. The zero-order chi connectivity index (χ0) is 18.1. The second-order valence-corrected chi connectivity index (χ2v) is 7.12. The van der Waals surface area contributed by atoms with E-state index in [1.165, 1.54) is 0 Å². The summed E-state index contributed by atoms with van der Waals surface area (Å²) < 4.78 is 1.72. The lowest BCUT2D eigenvalue weighted by atomic mass is 10.1. The summed E-state index contributed by atoms with van der Waals surface area (Å²) in [6, 6.07) is 0. The van der Waals surface area contributed by atoms with E-state index in [1.54, 1.807) is 9.58 Å². The summed E-state index contributed by atoms with van der Waals surface area (Å²) in [5.74, 6) is 1.10. The number of aliphatic imine (C=N–C) groups is 1. The van der Waals surface area contributed by atoms with Crippen molar-refractivity contribution in [3.63, 3.8) is 0 Å². The van der Waals surface area contributed by atoms with Crippen molar-refractivity contribution in [1.29, 1.82) is 0 Å². The van der Waals surface area contributed by atoms with Crippen molar-refractivity contribution in [2.45, 2.75) is 19.8 Å². The SMILES string of the molecule is C=C(Nc1cn(C)nc1N1CC(CN(C)C)CC1=O)C1=CCC(C)=N1. The van der Waals surface area contributed by atoms with Gasteiger partial charge in [-0.25, -0.2) is 0 Å². The third-order valence-electron chi connectivity index (χ3n) is 4.39. The lowest BCUT2D eigenvalue weighted by Gasteiger charge is -2.18. The third kappa shape index (κ3) is 3.82. The maximum atomic E-state index is 12.5. The van der Waals surface area contributed by atoms with Crippen molar-refractivity contribution >= 4 is 23.1 Å². The summed E-state index contributed by atoms with van der Waals surface area (Å²) in [6.07, 6.45) is 5.34. The predicted octanol–water partition coefficient (Wildman–Crippen LogP) is 2.01. The molecule has 0 spiro atoms. The molecule has 1 atom stereocenters. The average molecular weight is 342 g/mol. The summed E-state index contributed by atoms with van der Waals surface area (Å²) in [7, 11) is 5.91. The highest BCUT2D eigenvalue weighted by Gasteiger charge is 2.33. The van der Waals surface area contributed by atoms with Crippen LogP contribution < -0.4 is 10.2 Å². The van der Waals surface area contributed by atoms with Crippen LogP contribution in [0.3, 0.4) is 0 Å². The van der Waals surface area contributed by atoms with Crippen LogP contribution in [0.15, 0.2) is 35.2 Å². The monoisotopic (exact) mass is 342 g/mol. The van der Waals surface area contributed by atoms with E-state index in [0.29, 0.717) is 24.7 Å². The molecule has 2 aliphatic heterocycles. The van der Waals surface area contributed by atoms with Gasteiger partial charge in [-0.05, 0) is 26.9 Å². The fourth-order valence-electron chi connectivity index (χ4n) is 3.35. The maximum absolute atomic E-state index is 12.5. The van der Waals surface area contributed by atoms with E-state index in [9.17, 15) is 4.79 Å². The van der Waals surface area contributed by atoms with Crippen LogP contribution in [0.2, 0.25) is 0 Å². The Labute approximate surface area is 148 Å². The topological polar surface area (TPSA) is 65.8 Å². The van der Waals surface area contributed by atoms with E-state index < -0.39 is 0 Å². The molecule has 7 nitrogen and oxygen atoms in total. The van der Waals surface area contributed by atoms with Crippen LogP contribution in [-0.4, -0.2) is 53.5 Å². The van der Waals surface area contributed by atoms with Crippen LogP contribution in [-0.2, 0) is 11.8 Å². The molecule has 7 heteroatoms. The molecule has 3 heterocycles. The highest BCUT2D eigenvalue weighted by atomic mass is 16.2. The molecule has 25 heavy (non-hydrogen) atoms. The van der Waals surface area contributed by atoms with Gasteiger partial charge in [-0.1, -0.05) is 12.7 Å². The van der Waals surface area contributed by atoms with E-state index in [2.05, 4.69) is 33.0 Å². The Morgan fingerprint density at radius 3 is 2.88 bits per heavy atom. The summed E-state index contributed by atoms with van der Waals surface area (Å²) in [6.45, 7) is 7.67. The van der Waals surface area contributed by atoms with Crippen LogP contribution in [0.25, 0.3) is 0 Å². The van der Waals surface area contributed by atoms with Crippen LogP contribution in [0.4, 0.5) is 11.5 Å². The Hall–Kier alpha value is -2.41. The van der Waals surface area contributed by atoms with Crippen LogP contribution in [0.5, 0.6) is 0 Å². The molecule has 0 bridgehead atoms. The Morgan fingerprint density at radius 2 is 2.24 bits per heavy atom. The Bertz CT molecular complexity index is 758. The molecule has 1 unspecified atom stereocenters. The van der Waals surface area contributed by atoms with Crippen molar-refractivity contribution < 1.29 is 4.79 Å². The van der Waals surface area contributed by atoms with Crippen LogP contribution in [0.1, 0.15) is 19.8 Å². The minimum Gasteiger partial charge on any atom is -0.350 e. The number of hydrogen-bond acceptors (Lipinski definition) is 5. The number of hydrogen-bond donors (Lipinski definition) is 1. The second kappa shape index (κ2) is 6.84. The van der Waals surface area contributed by atoms with E-state index in [4.69, 9.17) is 0 Å². The Morgan fingerprint density at radius 1 is 1.48 bits per heavy atom. The summed E-state index contributed by atoms with van der Waals surface area (Å²) in [5.41, 5.74) is 3.44. The van der Waals surface area contributed by atoms with Gasteiger partial charge in [0.1, 0.15) is 5.69 Å². The molecule has 0 aromatic carbocycles. The van der Waals surface area contributed by atoms with Crippen molar-refractivity contribution in [1.82, 2.24) is 14.7 Å². The molecule has 1 amide bonds. The third-order valence-corrected chi connectivity index (χ3v) is 4.39. The largest absolute Gasteiger partial charge is 0.350 e. The summed E-state index contributed by atoms with van der Waals surface area (Å²) in [4.78, 5) is 20.9. The van der Waals surface area contributed by atoms with Crippen molar-refractivity contribution in [3.8, 4) is 0 Å². The molecule has 134 valence electrons. The van der Waals surface area contributed by atoms with Crippen molar-refractivity contribution in [2.75, 3.05) is 37.4 Å². The van der Waals surface area contributed by atoms with E-state index in [1.807, 2.05) is 34.3 Å². The number of anilines is 2. The van der Waals surface area contributed by atoms with Gasteiger partial charge in [-0.15, -0.1) is 0 Å². The lowest BCUT2D eigenvalue weighted by Crippen LogP contribution is -2.28. The number of nitrogens with one attached hydrogen (secondary N) is 1. The molecule has 0 saturated carbocycles. The van der Waals surface area contributed by atoms with Gasteiger partial charge in [0.15, 0.2) is 5.82 Å². The molecule has 1 aromatic rings. The van der Waals surface area contributed by atoms with Gasteiger partial charge < -0.3 is 10.2 Å². The van der Waals surface area contributed by atoms with Crippen LogP contribution >= 0.6 is 0 Å². The first-order valence-corrected chi connectivity index (χ1v) is 8.53. The molecule has 0 radical (unpaired) electrons. The first kappa shape index (κ1) is 17.4. The quantitative estimate of drug-likeness (QED) is 0.859. The molecule has 1 saturated heterocycles. The van der Waals surface area contributed by atoms with Gasteiger partial charge in [-0.3, -0.25) is 19.4 Å². The lowest BCUT2D eigenvalue weighted by molar-refractivity contribution is -0.117. The molecular formula is C18H26N6O. The number of allylic oxidation sites excluding steroid dienone is 1. The molecule has 0 aliphatic carbocycles. The minimum absolute atomic E-state index is 0.119. The standard InChI is InChI=1S/C18H26N6O/c1-12-6-7-15(19-12)13(2)20-16-11-23(5)21-18(16)24-10-14(8-17(24)25)9-22(3)4/h7,11,14,20H,2,6,8-10H2,1,3-5H3. The number of rotatable bonds is 6. The Kier molecular flexibility index (Phi) is 4.76. The smallest absolute Gasteiger partial charge is 0.228 e. The molecule has 2 aliphatic rings. The molecule has 1 aromatic heterocycles. The zero-order valence-electron chi connectivity index (χ0n) is 15.4. The van der Waals surface area contributed by atoms with Crippen molar-refractivity contribution in [3.05, 3.63) is 30.2 Å². The fraction of sp³-hybridized carbons (Fsp3) is 0.500. The highest BCUT2D eigenvalue weighted by molar-refractivity contribution is 5.97. The first-order chi connectivity index (χ1) is 11.8. The number of aromatic nitrogens is 2. The summed E-state index contributed by atoms with van der Waals surface area (Å²) in [5, 5.41) is 7.79. The Balaban J connectivity index is 1.77. The van der Waals surface area contributed by atoms with E-state index in [-0.39, 0.29) is 5.91 Å². The number of nitrogens with zero attached hydrogens (tertiary/aromatic N) is 5. The highest BCUT2D eigenvalue weighted by Crippen LogP contribution is 2.32. The van der Waals surface area contributed by atoms with Gasteiger partial charge in [-0.2, -0.15) is 5.10 Å². The number of carbonyl (C=O) groups excluding carboxylic acids is 1. The summed E-state index contributed by atoms with van der Waals surface area (Å²) >= 11 is 0. The van der Waals surface area contributed by atoms with Gasteiger partial charge >= 0.3 is 0 Å². The van der Waals surface area contributed by atoms with Gasteiger partial charge in [0.05, 0.1) is 17.6 Å². The number of amides is 1. The molecular weight excluding hydrogens is 316 g/mol. The average Bonchev–Trinajstić information content (AvgIpc) is 3.18. The molecule has 1 fully saturated rings. The zero-order valence-corrected chi connectivity index (χ0v) is 15.4. The van der Waals surface area contributed by atoms with E-state index in [0.717, 1.165) is 35.8 Å². The van der Waals surface area contributed by atoms with Gasteiger partial charge in [0, 0.05) is 38.7 Å². The fourth-order valence-corrected chi connectivity index (χ4v) is 3.35. The van der Waals surface area contributed by atoms with Crippen LogP contribution in [0, 0.1) is 5.92 Å². The van der Waals surface area contributed by atoms with Gasteiger partial charge in [0.2, 0.25) is 5.91 Å². The van der Waals surface area contributed by atoms with Gasteiger partial charge in [0.25, 0.3) is 0 Å². The minimum atomic E-state index is 0.119. The maximum Gasteiger partial charge on any atom is 0.228 e. The first-order valence-electron chi connectivity index (χ1n) is 8.53. The molecule has 3 rings (SSSR count). The number of aryl methyl sites for hydroxylation is 1. The normalized spacial score (nSPS) is 20.3. The number of carbonyl (C=O) groups is 1. The van der Waals surface area contributed by atoms with E-state index >= 15 is 0 Å².